The summed E-state index contributed by atoms with van der Waals surface area (Å²) in [5, 5.41) is 9.33. The van der Waals surface area contributed by atoms with Gasteiger partial charge in [-0.3, -0.25) is 0 Å². The van der Waals surface area contributed by atoms with E-state index in [-0.39, 0.29) is 0 Å². The molecule has 0 saturated heterocycles. The molecular formula is C20H21NO3. The fourth-order valence-corrected chi connectivity index (χ4v) is 2.89. The van der Waals surface area contributed by atoms with Gasteiger partial charge in [0.25, 0.3) is 0 Å². The Bertz CT molecular complexity index is 793. The van der Waals surface area contributed by atoms with Gasteiger partial charge in [-0.05, 0) is 55.4 Å². The molecule has 1 heterocycles. The smallest absolute Gasteiger partial charge is 0.335 e. The van der Waals surface area contributed by atoms with E-state index < -0.39 is 5.97 Å². The van der Waals surface area contributed by atoms with Crippen molar-refractivity contribution in [1.29, 1.82) is 0 Å². The molecule has 2 aromatic rings. The summed E-state index contributed by atoms with van der Waals surface area (Å²) in [6, 6.07) is 13.2. The van der Waals surface area contributed by atoms with Crippen molar-refractivity contribution in [3.05, 3.63) is 70.8 Å². The summed E-state index contributed by atoms with van der Waals surface area (Å²) in [6.07, 6.45) is 3.06. The van der Waals surface area contributed by atoms with E-state index in [0.29, 0.717) is 12.2 Å². The van der Waals surface area contributed by atoms with Gasteiger partial charge in [-0.2, -0.15) is 0 Å². The van der Waals surface area contributed by atoms with Gasteiger partial charge in [0, 0.05) is 12.1 Å². The van der Waals surface area contributed by atoms with Crippen LogP contribution in [0, 0.1) is 0 Å². The van der Waals surface area contributed by atoms with Crippen LogP contribution < -0.4 is 4.74 Å². The van der Waals surface area contributed by atoms with Gasteiger partial charge in [-0.15, -0.1) is 0 Å². The number of fused-ring (bicyclic) bond motifs is 2. The van der Waals surface area contributed by atoms with Crippen molar-refractivity contribution in [3.8, 4) is 5.75 Å². The minimum atomic E-state index is -0.913. The maximum atomic E-state index is 11.4. The van der Waals surface area contributed by atoms with Crippen LogP contribution in [0.4, 0.5) is 0 Å². The molecule has 0 spiro atoms. The van der Waals surface area contributed by atoms with E-state index in [0.717, 1.165) is 41.0 Å². The quantitative estimate of drug-likeness (QED) is 0.933. The van der Waals surface area contributed by atoms with E-state index in [1.807, 2.05) is 44.4 Å². The molecule has 124 valence electrons. The van der Waals surface area contributed by atoms with Crippen molar-refractivity contribution in [1.82, 2.24) is 4.90 Å². The molecule has 0 aromatic heterocycles. The lowest BCUT2D eigenvalue weighted by atomic mass is 9.92. The Morgan fingerprint density at radius 1 is 1.21 bits per heavy atom. The Morgan fingerprint density at radius 3 is 2.75 bits per heavy atom. The summed E-state index contributed by atoms with van der Waals surface area (Å²) in [4.78, 5) is 13.5. The average molecular weight is 323 g/mol. The van der Waals surface area contributed by atoms with E-state index in [1.54, 1.807) is 12.1 Å². The highest BCUT2D eigenvalue weighted by Gasteiger charge is 2.20. The van der Waals surface area contributed by atoms with Crippen molar-refractivity contribution in [2.24, 2.45) is 0 Å². The monoisotopic (exact) mass is 323 g/mol. The second-order valence-electron chi connectivity index (χ2n) is 6.17. The van der Waals surface area contributed by atoms with Crippen LogP contribution in [0.15, 0.2) is 48.5 Å². The molecule has 1 N–H and O–H groups in total. The molecule has 0 saturated carbocycles. The molecule has 0 aliphatic carbocycles. The molecule has 2 aromatic carbocycles. The molecular weight excluding hydrogens is 302 g/mol. The lowest BCUT2D eigenvalue weighted by molar-refractivity contribution is 0.0697. The Morgan fingerprint density at radius 2 is 2.00 bits per heavy atom. The first-order chi connectivity index (χ1) is 11.6. The fraction of sp³-hybridized carbons (Fsp3) is 0.250. The minimum Gasteiger partial charge on any atom is -0.488 e. The van der Waals surface area contributed by atoms with Gasteiger partial charge < -0.3 is 14.7 Å². The second-order valence-corrected chi connectivity index (χ2v) is 6.17. The van der Waals surface area contributed by atoms with Crippen LogP contribution >= 0.6 is 0 Å². The van der Waals surface area contributed by atoms with Crippen molar-refractivity contribution < 1.29 is 14.6 Å². The summed E-state index contributed by atoms with van der Waals surface area (Å²) in [6.45, 7) is 1.37. The predicted octanol–water partition coefficient (Wildman–Crippen LogP) is 3.66. The minimum absolute atomic E-state index is 0.298. The first kappa shape index (κ1) is 16.3. The lowest BCUT2D eigenvalue weighted by Crippen LogP contribution is -2.12. The van der Waals surface area contributed by atoms with E-state index in [4.69, 9.17) is 4.74 Å². The second kappa shape index (κ2) is 6.89. The van der Waals surface area contributed by atoms with Crippen molar-refractivity contribution >= 4 is 11.5 Å². The Hall–Kier alpha value is -2.59. The molecule has 0 atom stereocenters. The number of nitrogens with zero attached hydrogens (tertiary/aromatic N) is 1. The Balaban J connectivity index is 2.13. The SMILES string of the molecule is CN(C)CC/C=C1\c2cc(C(=O)O)ccc2COc2ccccc21. The van der Waals surface area contributed by atoms with Crippen LogP contribution in [-0.4, -0.2) is 36.6 Å². The maximum Gasteiger partial charge on any atom is 0.335 e. The predicted molar refractivity (Wildman–Crippen MR) is 94.4 cm³/mol. The van der Waals surface area contributed by atoms with Crippen LogP contribution in [0.2, 0.25) is 0 Å². The zero-order chi connectivity index (χ0) is 17.1. The Kier molecular flexibility index (Phi) is 4.67. The van der Waals surface area contributed by atoms with Gasteiger partial charge in [0.2, 0.25) is 0 Å². The normalized spacial score (nSPS) is 14.7. The number of rotatable bonds is 4. The first-order valence-electron chi connectivity index (χ1n) is 8.00. The summed E-state index contributed by atoms with van der Waals surface area (Å²) >= 11 is 0. The molecule has 0 fully saturated rings. The molecule has 0 unspecified atom stereocenters. The standard InChI is InChI=1S/C20H21NO3/c1-21(2)11-5-7-16-17-6-3-4-8-19(17)24-13-15-10-9-14(20(22)23)12-18(15)16/h3-4,6-10,12H,5,11,13H2,1-2H3,(H,22,23)/b16-7-. The van der Waals surface area contributed by atoms with Crippen LogP contribution in [-0.2, 0) is 6.61 Å². The van der Waals surface area contributed by atoms with Gasteiger partial charge in [-0.1, -0.05) is 30.3 Å². The molecule has 1 aliphatic rings. The van der Waals surface area contributed by atoms with Gasteiger partial charge >= 0.3 is 5.97 Å². The summed E-state index contributed by atoms with van der Waals surface area (Å²) in [5.41, 5.74) is 4.30. The molecule has 0 radical (unpaired) electrons. The number of para-hydroxylation sites is 1. The maximum absolute atomic E-state index is 11.4. The number of carbonyl (C=O) groups is 1. The Labute approximate surface area is 142 Å². The van der Waals surface area contributed by atoms with E-state index in [2.05, 4.69) is 11.0 Å². The molecule has 0 bridgehead atoms. The molecule has 3 rings (SSSR count). The molecule has 1 aliphatic heterocycles. The van der Waals surface area contributed by atoms with Gasteiger partial charge in [0.15, 0.2) is 0 Å². The molecule has 0 amide bonds. The summed E-state index contributed by atoms with van der Waals surface area (Å²) in [7, 11) is 4.08. The van der Waals surface area contributed by atoms with Crippen LogP contribution in [0.25, 0.3) is 5.57 Å². The number of carboxylic acid groups (broad SMARTS) is 1. The third kappa shape index (κ3) is 3.34. The highest BCUT2D eigenvalue weighted by molar-refractivity contribution is 5.92. The largest absolute Gasteiger partial charge is 0.488 e. The van der Waals surface area contributed by atoms with Gasteiger partial charge in [0.1, 0.15) is 12.4 Å². The van der Waals surface area contributed by atoms with Crippen molar-refractivity contribution in [3.63, 3.8) is 0 Å². The third-order valence-electron chi connectivity index (χ3n) is 4.13. The number of ether oxygens (including phenoxy) is 1. The highest BCUT2D eigenvalue weighted by Crippen LogP contribution is 2.37. The van der Waals surface area contributed by atoms with E-state index in [9.17, 15) is 9.90 Å². The number of carboxylic acids is 1. The third-order valence-corrected chi connectivity index (χ3v) is 4.13. The number of aromatic carboxylic acids is 1. The molecule has 24 heavy (non-hydrogen) atoms. The van der Waals surface area contributed by atoms with Crippen LogP contribution in [0.1, 0.15) is 33.5 Å². The zero-order valence-electron chi connectivity index (χ0n) is 14.0. The van der Waals surface area contributed by atoms with Gasteiger partial charge in [0.05, 0.1) is 5.56 Å². The topological polar surface area (TPSA) is 49.8 Å². The average Bonchev–Trinajstić information content (AvgIpc) is 2.71. The summed E-state index contributed by atoms with van der Waals surface area (Å²) in [5.74, 6) is -0.0782. The number of hydrogen-bond acceptors (Lipinski definition) is 3. The van der Waals surface area contributed by atoms with E-state index in [1.165, 1.54) is 0 Å². The van der Waals surface area contributed by atoms with Crippen LogP contribution in [0.3, 0.4) is 0 Å². The van der Waals surface area contributed by atoms with Crippen molar-refractivity contribution in [2.45, 2.75) is 13.0 Å². The van der Waals surface area contributed by atoms with Crippen molar-refractivity contribution in [2.75, 3.05) is 20.6 Å². The first-order valence-corrected chi connectivity index (χ1v) is 8.00. The number of benzene rings is 2. The highest BCUT2D eigenvalue weighted by atomic mass is 16.5. The fourth-order valence-electron chi connectivity index (χ4n) is 2.89. The number of hydrogen-bond donors (Lipinski definition) is 1. The lowest BCUT2D eigenvalue weighted by Gasteiger charge is -2.12. The summed E-state index contributed by atoms with van der Waals surface area (Å²) < 4.78 is 5.93. The zero-order valence-corrected chi connectivity index (χ0v) is 14.0. The van der Waals surface area contributed by atoms with Gasteiger partial charge in [-0.25, -0.2) is 4.79 Å². The molecule has 4 nitrogen and oxygen atoms in total. The molecule has 4 heteroatoms. The van der Waals surface area contributed by atoms with E-state index >= 15 is 0 Å². The van der Waals surface area contributed by atoms with Crippen LogP contribution in [0.5, 0.6) is 5.75 Å².